The maximum absolute atomic E-state index is 11.7. The van der Waals surface area contributed by atoms with E-state index in [-0.39, 0.29) is 41.2 Å². The van der Waals surface area contributed by atoms with Gasteiger partial charge in [0.05, 0.1) is 11.2 Å². The summed E-state index contributed by atoms with van der Waals surface area (Å²) in [6, 6.07) is 0. The molecule has 0 radical (unpaired) electrons. The molecule has 2 fully saturated rings. The Morgan fingerprint density at radius 3 is 2.21 bits per heavy atom. The highest BCUT2D eigenvalue weighted by atomic mass is 35.5. The second-order valence-corrected chi connectivity index (χ2v) is 7.35. The van der Waals surface area contributed by atoms with Gasteiger partial charge in [0.15, 0.2) is 0 Å². The summed E-state index contributed by atoms with van der Waals surface area (Å²) < 4.78 is 12.2. The van der Waals surface area contributed by atoms with Gasteiger partial charge in [-0.2, -0.15) is 0 Å². The van der Waals surface area contributed by atoms with Gasteiger partial charge in [-0.1, -0.05) is 12.2 Å². The Morgan fingerprint density at radius 1 is 1.16 bits per heavy atom. The minimum atomic E-state index is -0.358. The molecular weight excluding hydrogens is 262 g/mol. The van der Waals surface area contributed by atoms with Crippen LogP contribution in [0.3, 0.4) is 0 Å². The third-order valence-corrected chi connectivity index (χ3v) is 5.62. The monoisotopic (exact) mass is 282 g/mol. The molecule has 2 unspecified atom stereocenters. The second kappa shape index (κ2) is 4.09. The van der Waals surface area contributed by atoms with Crippen LogP contribution >= 0.6 is 11.6 Å². The number of fused-ring (bicyclic) bond motifs is 2. The molecule has 0 aromatic carbocycles. The smallest absolute Gasteiger partial charge is 0.403 e. The van der Waals surface area contributed by atoms with Crippen LogP contribution in [0.2, 0.25) is 5.82 Å². The molecule has 104 valence electrons. The summed E-state index contributed by atoms with van der Waals surface area (Å²) in [6.45, 7) is 8.14. The SMILES string of the molecule is CC1(C)OB([C@H]2C3C=CC(C3)[C@@H]2C(=O)Cl)OC1(C)C. The van der Waals surface area contributed by atoms with Crippen molar-refractivity contribution in [2.24, 2.45) is 17.8 Å². The van der Waals surface area contributed by atoms with Crippen molar-refractivity contribution in [2.75, 3.05) is 0 Å². The van der Waals surface area contributed by atoms with Gasteiger partial charge in [0, 0.05) is 11.7 Å². The van der Waals surface area contributed by atoms with Crippen LogP contribution < -0.4 is 0 Å². The molecule has 2 bridgehead atoms. The maximum Gasteiger partial charge on any atom is 0.462 e. The van der Waals surface area contributed by atoms with E-state index in [4.69, 9.17) is 20.9 Å². The molecule has 1 heterocycles. The Hall–Kier alpha value is -0.315. The van der Waals surface area contributed by atoms with Gasteiger partial charge in [0.25, 0.3) is 0 Å². The van der Waals surface area contributed by atoms with E-state index in [0.717, 1.165) is 6.42 Å². The van der Waals surface area contributed by atoms with Gasteiger partial charge in [-0.25, -0.2) is 0 Å². The van der Waals surface area contributed by atoms with E-state index in [1.54, 1.807) is 0 Å². The van der Waals surface area contributed by atoms with Crippen molar-refractivity contribution in [3.63, 3.8) is 0 Å². The molecule has 0 aromatic heterocycles. The Morgan fingerprint density at radius 2 is 1.68 bits per heavy atom. The molecule has 19 heavy (non-hydrogen) atoms. The molecule has 4 atom stereocenters. The van der Waals surface area contributed by atoms with E-state index >= 15 is 0 Å². The van der Waals surface area contributed by atoms with Crippen LogP contribution in [0.15, 0.2) is 12.2 Å². The summed E-state index contributed by atoms with van der Waals surface area (Å²) in [7, 11) is -0.336. The first kappa shape index (κ1) is 13.7. The van der Waals surface area contributed by atoms with Crippen molar-refractivity contribution in [1.29, 1.82) is 0 Å². The molecule has 0 N–H and O–H groups in total. The van der Waals surface area contributed by atoms with E-state index < -0.39 is 0 Å². The zero-order chi connectivity index (χ0) is 14.0. The van der Waals surface area contributed by atoms with Crippen molar-refractivity contribution >= 4 is 24.0 Å². The van der Waals surface area contributed by atoms with Crippen LogP contribution in [0.1, 0.15) is 34.1 Å². The van der Waals surface area contributed by atoms with Crippen LogP contribution in [0, 0.1) is 17.8 Å². The van der Waals surface area contributed by atoms with E-state index in [1.807, 2.05) is 27.7 Å². The fraction of sp³-hybridized carbons (Fsp3) is 0.786. The predicted molar refractivity (Wildman–Crippen MR) is 74.9 cm³/mol. The van der Waals surface area contributed by atoms with Crippen LogP contribution in [0.25, 0.3) is 0 Å². The van der Waals surface area contributed by atoms with Crippen LogP contribution in [-0.4, -0.2) is 23.6 Å². The van der Waals surface area contributed by atoms with Gasteiger partial charge >= 0.3 is 7.12 Å². The lowest BCUT2D eigenvalue weighted by molar-refractivity contribution is -0.115. The van der Waals surface area contributed by atoms with Crippen molar-refractivity contribution in [2.45, 2.75) is 51.1 Å². The molecule has 1 saturated carbocycles. The van der Waals surface area contributed by atoms with Gasteiger partial charge in [-0.05, 0) is 57.6 Å². The molecule has 3 nitrogen and oxygen atoms in total. The van der Waals surface area contributed by atoms with E-state index in [2.05, 4.69) is 12.2 Å². The quantitative estimate of drug-likeness (QED) is 0.444. The van der Waals surface area contributed by atoms with Gasteiger partial charge in [-0.3, -0.25) is 4.79 Å². The van der Waals surface area contributed by atoms with Crippen molar-refractivity contribution in [1.82, 2.24) is 0 Å². The zero-order valence-electron chi connectivity index (χ0n) is 11.9. The highest BCUT2D eigenvalue weighted by molar-refractivity contribution is 6.65. The third-order valence-electron chi connectivity index (χ3n) is 5.37. The highest BCUT2D eigenvalue weighted by Crippen LogP contribution is 2.56. The summed E-state index contributed by atoms with van der Waals surface area (Å²) in [4.78, 5) is 11.7. The summed E-state index contributed by atoms with van der Waals surface area (Å²) in [6.07, 6.45) is 5.31. The van der Waals surface area contributed by atoms with Crippen LogP contribution in [-0.2, 0) is 14.1 Å². The van der Waals surface area contributed by atoms with E-state index in [9.17, 15) is 4.79 Å². The van der Waals surface area contributed by atoms with Crippen molar-refractivity contribution < 1.29 is 14.1 Å². The van der Waals surface area contributed by atoms with Gasteiger partial charge in [0.2, 0.25) is 5.24 Å². The molecule has 0 spiro atoms. The van der Waals surface area contributed by atoms with Crippen molar-refractivity contribution in [3.05, 3.63) is 12.2 Å². The standard InChI is InChI=1S/C14H20BClO3/c1-13(2)14(3,4)19-15(18-13)11-9-6-5-8(7-9)10(11)12(16)17/h5-6,8-11H,7H2,1-4H3/t8?,9?,10-,11-/m0/s1. The lowest BCUT2D eigenvalue weighted by atomic mass is 9.60. The van der Waals surface area contributed by atoms with Crippen molar-refractivity contribution in [3.8, 4) is 0 Å². The van der Waals surface area contributed by atoms with E-state index in [1.165, 1.54) is 0 Å². The molecule has 5 heteroatoms. The summed E-state index contributed by atoms with van der Waals surface area (Å²) in [5.41, 5.74) is -0.716. The Labute approximate surface area is 119 Å². The van der Waals surface area contributed by atoms with Gasteiger partial charge in [0.1, 0.15) is 0 Å². The highest BCUT2D eigenvalue weighted by Gasteiger charge is 2.61. The summed E-state index contributed by atoms with van der Waals surface area (Å²) in [5.74, 6) is 0.513. The molecule has 3 aliphatic rings. The first-order valence-corrected chi connectivity index (χ1v) is 7.34. The molecule has 0 amide bonds. The van der Waals surface area contributed by atoms with Gasteiger partial charge < -0.3 is 9.31 Å². The average molecular weight is 283 g/mol. The van der Waals surface area contributed by atoms with Gasteiger partial charge in [-0.15, -0.1) is 0 Å². The van der Waals surface area contributed by atoms with E-state index in [0.29, 0.717) is 5.92 Å². The molecular formula is C14H20BClO3. The molecule has 3 rings (SSSR count). The fourth-order valence-corrected chi connectivity index (χ4v) is 3.90. The second-order valence-electron chi connectivity index (χ2n) is 6.98. The number of hydrogen-bond donors (Lipinski definition) is 0. The number of carbonyl (C=O) groups excluding carboxylic acids is 1. The first-order chi connectivity index (χ1) is 8.73. The fourth-order valence-electron chi connectivity index (χ4n) is 3.60. The average Bonchev–Trinajstić information content (AvgIpc) is 2.90. The largest absolute Gasteiger partial charge is 0.462 e. The number of rotatable bonds is 2. The van der Waals surface area contributed by atoms with Crippen LogP contribution in [0.5, 0.6) is 0 Å². The lowest BCUT2D eigenvalue weighted by Crippen LogP contribution is -2.41. The van der Waals surface area contributed by atoms with Crippen LogP contribution in [0.4, 0.5) is 0 Å². The number of halogens is 1. The molecule has 1 saturated heterocycles. The zero-order valence-corrected chi connectivity index (χ0v) is 12.6. The Kier molecular flexibility index (Phi) is 2.94. The minimum absolute atomic E-state index is 0.0565. The topological polar surface area (TPSA) is 35.5 Å². The summed E-state index contributed by atoms with van der Waals surface area (Å²) >= 11 is 5.81. The number of hydrogen-bond acceptors (Lipinski definition) is 3. The Balaban J connectivity index is 1.87. The number of carbonyl (C=O) groups is 1. The maximum atomic E-state index is 11.7. The Bertz CT molecular complexity index is 430. The predicted octanol–water partition coefficient (Wildman–Crippen LogP) is 3.04. The molecule has 0 aromatic rings. The summed E-state index contributed by atoms with van der Waals surface area (Å²) in [5, 5.41) is -0.253. The lowest BCUT2D eigenvalue weighted by Gasteiger charge is -2.32. The molecule has 1 aliphatic heterocycles. The third kappa shape index (κ3) is 1.91. The minimum Gasteiger partial charge on any atom is -0.403 e. The normalized spacial score (nSPS) is 42.1. The molecule has 2 aliphatic carbocycles. The number of allylic oxidation sites excluding steroid dienone is 2. The first-order valence-electron chi connectivity index (χ1n) is 6.96.